The fourth-order valence-electron chi connectivity index (χ4n) is 1.54. The van der Waals surface area contributed by atoms with Crippen LogP contribution in [0.3, 0.4) is 0 Å². The molecule has 0 aromatic carbocycles. The molecule has 0 spiro atoms. The Morgan fingerprint density at radius 3 is 2.50 bits per heavy atom. The minimum Gasteiger partial charge on any atom is -0.476 e. The lowest BCUT2D eigenvalue weighted by Gasteiger charge is -2.15. The quantitative estimate of drug-likeness (QED) is 0.798. The van der Waals surface area contributed by atoms with Crippen LogP contribution >= 0.6 is 0 Å². The van der Waals surface area contributed by atoms with E-state index in [1.807, 2.05) is 0 Å². The maximum Gasteiger partial charge on any atom is 0.356 e. The summed E-state index contributed by atoms with van der Waals surface area (Å²) in [5.74, 6) is 0.154. The van der Waals surface area contributed by atoms with Gasteiger partial charge in [0.05, 0.1) is 0 Å². The molecule has 1 rings (SSSR count). The Bertz CT molecular complexity index is 349. The molecule has 2 N–H and O–H groups in total. The van der Waals surface area contributed by atoms with E-state index in [1.54, 1.807) is 6.07 Å². The van der Waals surface area contributed by atoms with E-state index in [-0.39, 0.29) is 5.69 Å². The number of hydrogen-bond acceptors (Lipinski definition) is 4. The minimum atomic E-state index is -1.06. The zero-order chi connectivity index (χ0) is 12.1. The van der Waals surface area contributed by atoms with Crippen molar-refractivity contribution in [3.05, 3.63) is 17.8 Å². The summed E-state index contributed by atoms with van der Waals surface area (Å²) in [6.45, 7) is 6.36. The second kappa shape index (κ2) is 5.44. The van der Waals surface area contributed by atoms with Crippen molar-refractivity contribution in [2.45, 2.75) is 33.2 Å². The Morgan fingerprint density at radius 2 is 2.06 bits per heavy atom. The van der Waals surface area contributed by atoms with Gasteiger partial charge in [-0.05, 0) is 31.4 Å². The SMILES string of the molecule is CC(C)CC(C)Nc1ccc(C(=O)O)nn1. The highest BCUT2D eigenvalue weighted by atomic mass is 16.4. The lowest BCUT2D eigenvalue weighted by Crippen LogP contribution is -2.18. The molecule has 0 saturated heterocycles. The topological polar surface area (TPSA) is 75.1 Å². The van der Waals surface area contributed by atoms with Crippen LogP contribution in [0.4, 0.5) is 5.82 Å². The molecule has 0 fully saturated rings. The molecule has 88 valence electrons. The second-order valence-electron chi connectivity index (χ2n) is 4.28. The highest BCUT2D eigenvalue weighted by Gasteiger charge is 2.08. The molecule has 1 aromatic rings. The highest BCUT2D eigenvalue weighted by molar-refractivity contribution is 5.85. The van der Waals surface area contributed by atoms with E-state index in [4.69, 9.17) is 5.11 Å². The number of nitrogens with one attached hydrogen (secondary N) is 1. The lowest BCUT2D eigenvalue weighted by atomic mass is 10.1. The van der Waals surface area contributed by atoms with Crippen LogP contribution in [0.5, 0.6) is 0 Å². The van der Waals surface area contributed by atoms with Gasteiger partial charge in [0.25, 0.3) is 0 Å². The van der Waals surface area contributed by atoms with Gasteiger partial charge in [0.1, 0.15) is 5.82 Å². The van der Waals surface area contributed by atoms with E-state index in [9.17, 15) is 4.79 Å². The summed E-state index contributed by atoms with van der Waals surface area (Å²) in [5.41, 5.74) is -0.0398. The summed E-state index contributed by atoms with van der Waals surface area (Å²) in [6.07, 6.45) is 1.03. The van der Waals surface area contributed by atoms with Crippen LogP contribution in [0.1, 0.15) is 37.7 Å². The Kier molecular flexibility index (Phi) is 4.22. The van der Waals surface area contributed by atoms with Crippen LogP contribution in [-0.4, -0.2) is 27.3 Å². The number of aromatic carboxylic acids is 1. The number of rotatable bonds is 5. The van der Waals surface area contributed by atoms with Crippen LogP contribution in [0, 0.1) is 5.92 Å². The molecule has 0 aliphatic heterocycles. The van der Waals surface area contributed by atoms with Crippen molar-refractivity contribution in [1.29, 1.82) is 0 Å². The Hall–Kier alpha value is -1.65. The minimum absolute atomic E-state index is 0.0398. The normalized spacial score (nSPS) is 12.5. The second-order valence-corrected chi connectivity index (χ2v) is 4.28. The molecular weight excluding hydrogens is 206 g/mol. The third-order valence-corrected chi connectivity index (χ3v) is 2.10. The molecule has 1 unspecified atom stereocenters. The van der Waals surface area contributed by atoms with E-state index in [0.717, 1.165) is 6.42 Å². The lowest BCUT2D eigenvalue weighted by molar-refractivity contribution is 0.0689. The third-order valence-electron chi connectivity index (χ3n) is 2.10. The first-order valence-corrected chi connectivity index (χ1v) is 5.32. The first-order chi connectivity index (χ1) is 7.49. The predicted octanol–water partition coefficient (Wildman–Crippen LogP) is 2.02. The van der Waals surface area contributed by atoms with Crippen molar-refractivity contribution in [3.63, 3.8) is 0 Å². The monoisotopic (exact) mass is 223 g/mol. The van der Waals surface area contributed by atoms with Crippen molar-refractivity contribution >= 4 is 11.8 Å². The van der Waals surface area contributed by atoms with Gasteiger partial charge in [0, 0.05) is 6.04 Å². The molecule has 0 amide bonds. The third kappa shape index (κ3) is 3.84. The molecular formula is C11H17N3O2. The number of nitrogens with zero attached hydrogens (tertiary/aromatic N) is 2. The molecule has 0 saturated carbocycles. The molecule has 0 aliphatic carbocycles. The van der Waals surface area contributed by atoms with E-state index in [2.05, 4.69) is 36.3 Å². The number of carboxylic acids is 1. The molecule has 16 heavy (non-hydrogen) atoms. The average Bonchev–Trinajstić information content (AvgIpc) is 2.16. The number of anilines is 1. The van der Waals surface area contributed by atoms with Gasteiger partial charge >= 0.3 is 5.97 Å². The summed E-state index contributed by atoms with van der Waals surface area (Å²) in [7, 11) is 0. The number of hydrogen-bond donors (Lipinski definition) is 2. The molecule has 0 aliphatic rings. The van der Waals surface area contributed by atoms with E-state index in [1.165, 1.54) is 6.07 Å². The zero-order valence-electron chi connectivity index (χ0n) is 9.77. The van der Waals surface area contributed by atoms with Gasteiger partial charge in [-0.3, -0.25) is 0 Å². The van der Waals surface area contributed by atoms with Gasteiger partial charge in [-0.15, -0.1) is 10.2 Å². The van der Waals surface area contributed by atoms with Gasteiger partial charge in [0.15, 0.2) is 5.69 Å². The summed E-state index contributed by atoms with van der Waals surface area (Å²) in [4.78, 5) is 10.6. The van der Waals surface area contributed by atoms with Crippen molar-refractivity contribution in [1.82, 2.24) is 10.2 Å². The molecule has 0 bridgehead atoms. The van der Waals surface area contributed by atoms with Gasteiger partial charge < -0.3 is 10.4 Å². The average molecular weight is 223 g/mol. The number of carboxylic acid groups (broad SMARTS) is 1. The number of carbonyl (C=O) groups is 1. The Morgan fingerprint density at radius 1 is 1.38 bits per heavy atom. The van der Waals surface area contributed by atoms with Crippen LogP contribution in [0.25, 0.3) is 0 Å². The zero-order valence-corrected chi connectivity index (χ0v) is 9.77. The van der Waals surface area contributed by atoms with Crippen LogP contribution in [-0.2, 0) is 0 Å². The summed E-state index contributed by atoms with van der Waals surface area (Å²) in [5, 5.41) is 19.2. The molecule has 5 heteroatoms. The summed E-state index contributed by atoms with van der Waals surface area (Å²) < 4.78 is 0. The molecule has 5 nitrogen and oxygen atoms in total. The van der Waals surface area contributed by atoms with Crippen molar-refractivity contribution in [3.8, 4) is 0 Å². The summed E-state index contributed by atoms with van der Waals surface area (Å²) >= 11 is 0. The molecule has 0 radical (unpaired) electrons. The highest BCUT2D eigenvalue weighted by Crippen LogP contribution is 2.10. The Balaban J connectivity index is 2.58. The van der Waals surface area contributed by atoms with Crippen LogP contribution in [0.2, 0.25) is 0 Å². The van der Waals surface area contributed by atoms with Crippen LogP contribution in [0.15, 0.2) is 12.1 Å². The molecule has 1 atom stereocenters. The summed E-state index contributed by atoms with van der Waals surface area (Å²) in [6, 6.07) is 3.37. The largest absolute Gasteiger partial charge is 0.476 e. The van der Waals surface area contributed by atoms with E-state index >= 15 is 0 Å². The molecule has 1 aromatic heterocycles. The van der Waals surface area contributed by atoms with Gasteiger partial charge in [-0.1, -0.05) is 13.8 Å². The van der Waals surface area contributed by atoms with Crippen molar-refractivity contribution in [2.75, 3.05) is 5.32 Å². The first-order valence-electron chi connectivity index (χ1n) is 5.32. The Labute approximate surface area is 94.9 Å². The smallest absolute Gasteiger partial charge is 0.356 e. The van der Waals surface area contributed by atoms with Gasteiger partial charge in [-0.2, -0.15) is 0 Å². The first kappa shape index (κ1) is 12.4. The predicted molar refractivity (Wildman–Crippen MR) is 61.5 cm³/mol. The van der Waals surface area contributed by atoms with Gasteiger partial charge in [0.2, 0.25) is 0 Å². The van der Waals surface area contributed by atoms with Gasteiger partial charge in [-0.25, -0.2) is 4.79 Å². The maximum atomic E-state index is 10.6. The van der Waals surface area contributed by atoms with Crippen molar-refractivity contribution in [2.24, 2.45) is 5.92 Å². The standard InChI is InChI=1S/C11H17N3O2/c1-7(2)6-8(3)12-10-5-4-9(11(15)16)13-14-10/h4-5,7-8H,6H2,1-3H3,(H,12,14)(H,15,16). The fraction of sp³-hybridized carbons (Fsp3) is 0.545. The fourth-order valence-corrected chi connectivity index (χ4v) is 1.54. The van der Waals surface area contributed by atoms with Crippen molar-refractivity contribution < 1.29 is 9.90 Å². The van der Waals surface area contributed by atoms with Crippen LogP contribution < -0.4 is 5.32 Å². The molecule has 1 heterocycles. The number of aromatic nitrogens is 2. The van der Waals surface area contributed by atoms with E-state index < -0.39 is 5.97 Å². The van der Waals surface area contributed by atoms with E-state index in [0.29, 0.717) is 17.8 Å². The maximum absolute atomic E-state index is 10.6.